The lowest BCUT2D eigenvalue weighted by molar-refractivity contribution is -0.130. The average molecular weight is 215 g/mol. The molecule has 15 heavy (non-hydrogen) atoms. The highest BCUT2D eigenvalue weighted by molar-refractivity contribution is 5.76. The zero-order valence-corrected chi connectivity index (χ0v) is 9.61. The zero-order chi connectivity index (χ0) is 11.3. The van der Waals surface area contributed by atoms with Crippen molar-refractivity contribution in [2.24, 2.45) is 5.92 Å². The minimum atomic E-state index is 0.144. The Balaban J connectivity index is 2.23. The Bertz CT molecular complexity index is 208. The van der Waals surface area contributed by atoms with Crippen LogP contribution in [0.3, 0.4) is 0 Å². The van der Waals surface area contributed by atoms with E-state index in [1.54, 1.807) is 7.11 Å². The van der Waals surface area contributed by atoms with Gasteiger partial charge >= 0.3 is 0 Å². The van der Waals surface area contributed by atoms with Crippen LogP contribution in [0.25, 0.3) is 0 Å². The number of carbonyl (C=O) groups excluding carboxylic acids is 1. The molecule has 1 saturated heterocycles. The van der Waals surface area contributed by atoms with E-state index in [-0.39, 0.29) is 24.5 Å². The van der Waals surface area contributed by atoms with Crippen molar-refractivity contribution >= 4 is 5.91 Å². The highest BCUT2D eigenvalue weighted by atomic mass is 16.5. The lowest BCUT2D eigenvalue weighted by Crippen LogP contribution is -2.29. The Labute approximate surface area is 91.2 Å². The molecule has 0 aromatic rings. The van der Waals surface area contributed by atoms with Gasteiger partial charge in [-0.2, -0.15) is 0 Å². The van der Waals surface area contributed by atoms with Gasteiger partial charge in [0.2, 0.25) is 5.91 Å². The fraction of sp³-hybridized carbons (Fsp3) is 0.909. The molecule has 1 aliphatic heterocycles. The van der Waals surface area contributed by atoms with E-state index in [1.807, 2.05) is 11.8 Å². The molecule has 1 amide bonds. The number of nitrogens with zero attached hydrogens (tertiary/aromatic N) is 1. The monoisotopic (exact) mass is 215 g/mol. The molecule has 88 valence electrons. The van der Waals surface area contributed by atoms with Crippen molar-refractivity contribution in [3.8, 4) is 0 Å². The van der Waals surface area contributed by atoms with E-state index >= 15 is 0 Å². The molecule has 0 aliphatic carbocycles. The largest absolute Gasteiger partial charge is 0.396 e. The summed E-state index contributed by atoms with van der Waals surface area (Å²) in [6, 6.07) is 0. The molecular formula is C11H21NO3. The second-order valence-corrected chi connectivity index (χ2v) is 4.26. The molecule has 2 atom stereocenters. The smallest absolute Gasteiger partial charge is 0.222 e. The maximum atomic E-state index is 11.7. The van der Waals surface area contributed by atoms with Crippen molar-refractivity contribution in [2.75, 3.05) is 26.8 Å². The summed E-state index contributed by atoms with van der Waals surface area (Å²) in [6.45, 7) is 3.67. The fourth-order valence-electron chi connectivity index (χ4n) is 1.81. The molecule has 0 saturated carbocycles. The quantitative estimate of drug-likeness (QED) is 0.732. The molecule has 0 radical (unpaired) electrons. The molecule has 1 N–H and O–H groups in total. The van der Waals surface area contributed by atoms with Gasteiger partial charge in [0.05, 0.1) is 6.10 Å². The summed E-state index contributed by atoms with van der Waals surface area (Å²) in [7, 11) is 1.66. The van der Waals surface area contributed by atoms with Gasteiger partial charge in [-0.3, -0.25) is 4.79 Å². The predicted octanol–water partition coefficient (Wildman–Crippen LogP) is 0.642. The lowest BCUT2D eigenvalue weighted by Gasteiger charge is -2.17. The van der Waals surface area contributed by atoms with Gasteiger partial charge in [0.25, 0.3) is 0 Å². The first-order valence-electron chi connectivity index (χ1n) is 5.58. The molecule has 1 rings (SSSR count). The average Bonchev–Trinajstić information content (AvgIpc) is 2.73. The summed E-state index contributed by atoms with van der Waals surface area (Å²) in [6.07, 6.45) is 2.40. The number of carbonyl (C=O) groups is 1. The second-order valence-electron chi connectivity index (χ2n) is 4.26. The molecule has 1 heterocycles. The van der Waals surface area contributed by atoms with E-state index in [1.165, 1.54) is 0 Å². The minimum Gasteiger partial charge on any atom is -0.396 e. The van der Waals surface area contributed by atoms with E-state index in [4.69, 9.17) is 9.84 Å². The van der Waals surface area contributed by atoms with Crippen LogP contribution >= 0.6 is 0 Å². The molecule has 4 heteroatoms. The zero-order valence-electron chi connectivity index (χ0n) is 9.61. The van der Waals surface area contributed by atoms with E-state index < -0.39 is 0 Å². The van der Waals surface area contributed by atoms with Crippen molar-refractivity contribution in [2.45, 2.75) is 32.3 Å². The second kappa shape index (κ2) is 6.08. The van der Waals surface area contributed by atoms with Gasteiger partial charge in [-0.25, -0.2) is 0 Å². The summed E-state index contributed by atoms with van der Waals surface area (Å²) in [5.41, 5.74) is 0. The Morgan fingerprint density at radius 3 is 2.93 bits per heavy atom. The third kappa shape index (κ3) is 3.80. The van der Waals surface area contributed by atoms with Crippen LogP contribution in [-0.4, -0.2) is 48.8 Å². The first kappa shape index (κ1) is 12.5. The number of ether oxygens (including phenoxy) is 1. The van der Waals surface area contributed by atoms with Crippen LogP contribution in [0, 0.1) is 5.92 Å². The molecule has 4 nitrogen and oxygen atoms in total. The molecule has 0 aromatic carbocycles. The van der Waals surface area contributed by atoms with Crippen LogP contribution < -0.4 is 0 Å². The number of likely N-dealkylation sites (tertiary alicyclic amines) is 1. The van der Waals surface area contributed by atoms with E-state index in [2.05, 4.69) is 0 Å². The Morgan fingerprint density at radius 1 is 1.67 bits per heavy atom. The van der Waals surface area contributed by atoms with Crippen molar-refractivity contribution in [1.82, 2.24) is 4.90 Å². The SMILES string of the molecule is COC(C)CCC(=O)N1CCC(CO)C1. The molecule has 0 spiro atoms. The number of aliphatic hydroxyl groups excluding tert-OH is 1. The Hall–Kier alpha value is -0.610. The minimum absolute atomic E-state index is 0.144. The molecule has 2 unspecified atom stereocenters. The third-order valence-corrected chi connectivity index (χ3v) is 3.06. The number of amides is 1. The topological polar surface area (TPSA) is 49.8 Å². The first-order valence-corrected chi connectivity index (χ1v) is 5.58. The number of hydrogen-bond acceptors (Lipinski definition) is 3. The maximum Gasteiger partial charge on any atom is 0.222 e. The summed E-state index contributed by atoms with van der Waals surface area (Å²) in [4.78, 5) is 13.6. The van der Waals surface area contributed by atoms with Gasteiger partial charge in [0.15, 0.2) is 0 Å². The van der Waals surface area contributed by atoms with Crippen LogP contribution in [0.5, 0.6) is 0 Å². The summed E-state index contributed by atoms with van der Waals surface area (Å²) in [5.74, 6) is 0.476. The standard InChI is InChI=1S/C11H21NO3/c1-9(15-2)3-4-11(14)12-6-5-10(7-12)8-13/h9-10,13H,3-8H2,1-2H3. The van der Waals surface area contributed by atoms with Crippen molar-refractivity contribution < 1.29 is 14.6 Å². The lowest BCUT2D eigenvalue weighted by atomic mass is 10.1. The number of methoxy groups -OCH3 is 1. The highest BCUT2D eigenvalue weighted by Gasteiger charge is 2.25. The van der Waals surface area contributed by atoms with Crippen LogP contribution in [0.1, 0.15) is 26.2 Å². The number of aliphatic hydroxyl groups is 1. The maximum absolute atomic E-state index is 11.7. The Morgan fingerprint density at radius 2 is 2.40 bits per heavy atom. The van der Waals surface area contributed by atoms with Crippen LogP contribution in [0.4, 0.5) is 0 Å². The van der Waals surface area contributed by atoms with Gasteiger partial charge in [-0.05, 0) is 19.8 Å². The van der Waals surface area contributed by atoms with Gasteiger partial charge in [0, 0.05) is 39.1 Å². The van der Waals surface area contributed by atoms with Gasteiger partial charge < -0.3 is 14.7 Å². The molecular weight excluding hydrogens is 194 g/mol. The highest BCUT2D eigenvalue weighted by Crippen LogP contribution is 2.17. The van der Waals surface area contributed by atoms with E-state index in [0.29, 0.717) is 6.42 Å². The Kier molecular flexibility index (Phi) is 5.05. The van der Waals surface area contributed by atoms with Gasteiger partial charge in [0.1, 0.15) is 0 Å². The summed E-state index contributed by atoms with van der Waals surface area (Å²) >= 11 is 0. The fourth-order valence-corrected chi connectivity index (χ4v) is 1.81. The molecule has 0 bridgehead atoms. The van der Waals surface area contributed by atoms with Crippen LogP contribution in [-0.2, 0) is 9.53 Å². The van der Waals surface area contributed by atoms with E-state index in [0.717, 1.165) is 25.9 Å². The number of rotatable bonds is 5. The molecule has 1 aliphatic rings. The normalized spacial score (nSPS) is 23.1. The summed E-state index contributed by atoms with van der Waals surface area (Å²) in [5, 5.41) is 8.96. The van der Waals surface area contributed by atoms with Crippen LogP contribution in [0.2, 0.25) is 0 Å². The molecule has 1 fully saturated rings. The van der Waals surface area contributed by atoms with Gasteiger partial charge in [-0.1, -0.05) is 0 Å². The van der Waals surface area contributed by atoms with E-state index in [9.17, 15) is 4.79 Å². The first-order chi connectivity index (χ1) is 7.17. The van der Waals surface area contributed by atoms with Crippen LogP contribution in [0.15, 0.2) is 0 Å². The summed E-state index contributed by atoms with van der Waals surface area (Å²) < 4.78 is 5.09. The van der Waals surface area contributed by atoms with Crippen molar-refractivity contribution in [3.05, 3.63) is 0 Å². The van der Waals surface area contributed by atoms with Gasteiger partial charge in [-0.15, -0.1) is 0 Å². The van der Waals surface area contributed by atoms with Crippen molar-refractivity contribution in [3.63, 3.8) is 0 Å². The predicted molar refractivity (Wildman–Crippen MR) is 57.5 cm³/mol. The number of hydrogen-bond donors (Lipinski definition) is 1. The third-order valence-electron chi connectivity index (χ3n) is 3.06. The van der Waals surface area contributed by atoms with Crippen molar-refractivity contribution in [1.29, 1.82) is 0 Å². The molecule has 0 aromatic heterocycles.